The van der Waals surface area contributed by atoms with Gasteiger partial charge in [0.05, 0.1) is 17.1 Å². The fourth-order valence-corrected chi connectivity index (χ4v) is 11.4. The molecule has 4 saturated carbocycles. The van der Waals surface area contributed by atoms with Gasteiger partial charge in [0.25, 0.3) is 10.0 Å². The van der Waals surface area contributed by atoms with E-state index in [9.17, 15) is 32.2 Å². The van der Waals surface area contributed by atoms with E-state index in [1.165, 1.54) is 0 Å². The van der Waals surface area contributed by atoms with Gasteiger partial charge in [0.1, 0.15) is 11.6 Å². The summed E-state index contributed by atoms with van der Waals surface area (Å²) >= 11 is 0. The Hall–Kier alpha value is -1.78. The number of carbonyl (C=O) groups excluding carboxylic acids is 1. The van der Waals surface area contributed by atoms with Gasteiger partial charge in [-0.25, -0.2) is 26.7 Å². The maximum absolute atomic E-state index is 13.5. The molecular weight excluding hydrogens is 562 g/mol. The molecule has 0 saturated heterocycles. The van der Waals surface area contributed by atoms with E-state index in [-0.39, 0.29) is 47.3 Å². The van der Waals surface area contributed by atoms with Crippen LogP contribution in [0.1, 0.15) is 85.5 Å². The van der Waals surface area contributed by atoms with E-state index < -0.39 is 32.6 Å². The summed E-state index contributed by atoms with van der Waals surface area (Å²) in [7, 11) is -4.42. The van der Waals surface area contributed by atoms with Gasteiger partial charge in [0.2, 0.25) is 0 Å². The van der Waals surface area contributed by atoms with Crippen LogP contribution in [0, 0.1) is 63.9 Å². The first-order chi connectivity index (χ1) is 19.7. The number of sulfonamides is 1. The van der Waals surface area contributed by atoms with Gasteiger partial charge in [-0.2, -0.15) is 0 Å². The van der Waals surface area contributed by atoms with Crippen LogP contribution in [0.15, 0.2) is 23.1 Å². The molecule has 0 spiro atoms. The third-order valence-corrected chi connectivity index (χ3v) is 13.7. The van der Waals surface area contributed by atoms with Crippen molar-refractivity contribution in [2.45, 2.75) is 103 Å². The number of carbonyl (C=O) groups is 1. The van der Waals surface area contributed by atoms with E-state index in [1.54, 1.807) is 0 Å². The maximum atomic E-state index is 13.5. The third-order valence-electron chi connectivity index (χ3n) is 12.4. The minimum Gasteiger partial charge on any atom is -0.393 e. The minimum absolute atomic E-state index is 0.0876. The van der Waals surface area contributed by atoms with Gasteiger partial charge < -0.3 is 15.5 Å². The smallest absolute Gasteiger partial charge is 0.328 e. The largest absolute Gasteiger partial charge is 0.393 e. The molecule has 0 radical (unpaired) electrons. The van der Waals surface area contributed by atoms with Gasteiger partial charge in [0.15, 0.2) is 0 Å². The monoisotopic (exact) mass is 610 g/mol. The molecule has 1 aromatic carbocycles. The highest BCUT2D eigenvalue weighted by Crippen LogP contribution is 2.69. The van der Waals surface area contributed by atoms with Crippen molar-refractivity contribution in [3.8, 4) is 0 Å². The molecule has 4 aliphatic rings. The lowest BCUT2D eigenvalue weighted by Crippen LogP contribution is -2.62. The number of amides is 2. The number of hydrogen-bond acceptors (Lipinski definition) is 5. The Morgan fingerprint density at radius 3 is 2.31 bits per heavy atom. The van der Waals surface area contributed by atoms with Crippen LogP contribution in [-0.4, -0.2) is 43.4 Å². The molecule has 1 unspecified atom stereocenters. The fraction of sp³-hybridized carbons (Fsp3) is 0.781. The molecule has 7 nitrogen and oxygen atoms in total. The molecule has 11 atom stereocenters. The molecule has 4 fully saturated rings. The quantitative estimate of drug-likeness (QED) is 0.321. The molecule has 0 aromatic heterocycles. The zero-order chi connectivity index (χ0) is 30.6. The number of aliphatic hydroxyl groups is 2. The highest BCUT2D eigenvalue weighted by Gasteiger charge is 2.64. The lowest BCUT2D eigenvalue weighted by molar-refractivity contribution is -0.203. The van der Waals surface area contributed by atoms with Crippen molar-refractivity contribution in [1.29, 1.82) is 0 Å². The van der Waals surface area contributed by atoms with Crippen LogP contribution in [0.3, 0.4) is 0 Å². The molecule has 42 heavy (non-hydrogen) atoms. The zero-order valence-corrected chi connectivity index (χ0v) is 26.1. The second-order valence-electron chi connectivity index (χ2n) is 14.4. The molecule has 10 heteroatoms. The van der Waals surface area contributed by atoms with Gasteiger partial charge in [-0.15, -0.1) is 0 Å². The van der Waals surface area contributed by atoms with E-state index in [4.69, 9.17) is 0 Å². The summed E-state index contributed by atoms with van der Waals surface area (Å²) in [6.45, 7) is 9.49. The van der Waals surface area contributed by atoms with Crippen LogP contribution < -0.4 is 10.0 Å². The molecular formula is C32H48F2N2O5S. The predicted molar refractivity (Wildman–Crippen MR) is 156 cm³/mol. The minimum atomic E-state index is -4.42. The van der Waals surface area contributed by atoms with Gasteiger partial charge in [-0.3, -0.25) is 0 Å². The van der Waals surface area contributed by atoms with E-state index in [0.717, 1.165) is 51.4 Å². The summed E-state index contributed by atoms with van der Waals surface area (Å²) in [4.78, 5) is 11.7. The summed E-state index contributed by atoms with van der Waals surface area (Å²) < 4.78 is 53.7. The number of urea groups is 1. The van der Waals surface area contributed by atoms with Crippen LogP contribution in [0.25, 0.3) is 0 Å². The van der Waals surface area contributed by atoms with Crippen molar-refractivity contribution >= 4 is 16.1 Å². The van der Waals surface area contributed by atoms with E-state index >= 15 is 0 Å². The topological polar surface area (TPSA) is 116 Å². The number of halogens is 2. The predicted octanol–water partition coefficient (Wildman–Crippen LogP) is 5.61. The second kappa shape index (κ2) is 11.6. The Labute approximate surface area is 249 Å². The molecule has 1 aromatic rings. The molecule has 0 bridgehead atoms. The third kappa shape index (κ3) is 5.49. The number of benzene rings is 1. The summed E-state index contributed by atoms with van der Waals surface area (Å²) in [6.07, 6.45) is 8.04. The molecule has 4 N–H and O–H groups in total. The van der Waals surface area contributed by atoms with Gasteiger partial charge >= 0.3 is 6.03 Å². The average Bonchev–Trinajstić information content (AvgIpc) is 3.26. The highest BCUT2D eigenvalue weighted by atomic mass is 32.2. The Morgan fingerprint density at radius 2 is 1.64 bits per heavy atom. The van der Waals surface area contributed by atoms with Gasteiger partial charge in [-0.1, -0.05) is 34.1 Å². The van der Waals surface area contributed by atoms with Gasteiger partial charge in [0, 0.05) is 12.6 Å². The number of fused-ring (bicyclic) bond motifs is 5. The van der Waals surface area contributed by atoms with E-state index in [0.29, 0.717) is 48.3 Å². The van der Waals surface area contributed by atoms with Crippen molar-refractivity contribution in [2.24, 2.45) is 52.3 Å². The first kappa shape index (κ1) is 31.6. The van der Waals surface area contributed by atoms with Crippen molar-refractivity contribution in [3.05, 3.63) is 29.8 Å². The second-order valence-corrected chi connectivity index (χ2v) is 16.0. The van der Waals surface area contributed by atoms with Crippen molar-refractivity contribution < 1.29 is 32.2 Å². The van der Waals surface area contributed by atoms with Crippen molar-refractivity contribution in [1.82, 2.24) is 10.0 Å². The van der Waals surface area contributed by atoms with Crippen LogP contribution in [0.2, 0.25) is 0 Å². The number of nitrogens with one attached hydrogen (secondary N) is 2. The SMILES string of the molecule is CC[C@@H]1C2C[C@H](O)CC[C@]2(C)[C@H]2CC[C@]3(C)[C@@H]([C@H](C)CCNC(=O)NS(=O)(=O)c4cc(F)cc(F)c4)CC[C@H]3[C@@H]2[C@@H]1O. The molecule has 5 rings (SSSR count). The van der Waals surface area contributed by atoms with Crippen LogP contribution in [0.4, 0.5) is 13.6 Å². The standard InChI is InChI=1S/C32H48F2N2O5S/c1-5-23-27-17-21(37)8-11-32(27,4)26-9-12-31(3)24(6-7-25(31)28(26)29(23)38)18(2)10-13-35-30(39)36-42(40,41)22-15-19(33)14-20(34)16-22/h14-16,18,21,23-29,37-38H,5-13,17H2,1-4H3,(H2,35,36,39)/t18-,21-,23-,24-,25+,26+,27?,28+,29-,31-,32-/m1/s1. The number of aliphatic hydroxyl groups excluding tert-OH is 2. The molecule has 0 aliphatic heterocycles. The normalized spacial score (nSPS) is 40.4. The lowest BCUT2D eigenvalue weighted by atomic mass is 9.41. The first-order valence-corrected chi connectivity index (χ1v) is 17.3. The summed E-state index contributed by atoms with van der Waals surface area (Å²) in [6, 6.07) is 0.962. The number of rotatable bonds is 7. The molecule has 236 valence electrons. The van der Waals surface area contributed by atoms with Crippen LogP contribution >= 0.6 is 0 Å². The number of hydrogen-bond donors (Lipinski definition) is 4. The van der Waals surface area contributed by atoms with E-state index in [1.807, 2.05) is 4.72 Å². The van der Waals surface area contributed by atoms with Crippen LogP contribution in [0.5, 0.6) is 0 Å². The fourth-order valence-electron chi connectivity index (χ4n) is 10.4. The summed E-state index contributed by atoms with van der Waals surface area (Å²) in [5, 5.41) is 25.0. The maximum Gasteiger partial charge on any atom is 0.328 e. The summed E-state index contributed by atoms with van der Waals surface area (Å²) in [5.41, 5.74) is 0.244. The molecule has 0 heterocycles. The Bertz CT molecular complexity index is 1260. The Kier molecular flexibility index (Phi) is 8.75. The molecule has 4 aliphatic carbocycles. The van der Waals surface area contributed by atoms with Crippen molar-refractivity contribution in [3.63, 3.8) is 0 Å². The van der Waals surface area contributed by atoms with E-state index in [2.05, 4.69) is 33.0 Å². The Balaban J connectivity index is 1.22. The van der Waals surface area contributed by atoms with Gasteiger partial charge in [-0.05, 0) is 116 Å². The first-order valence-electron chi connectivity index (χ1n) is 15.8. The van der Waals surface area contributed by atoms with Crippen molar-refractivity contribution in [2.75, 3.05) is 6.54 Å². The summed E-state index contributed by atoms with van der Waals surface area (Å²) in [5.74, 6) is 0.379. The highest BCUT2D eigenvalue weighted by molar-refractivity contribution is 7.90. The Morgan fingerprint density at radius 1 is 1.00 bits per heavy atom. The zero-order valence-electron chi connectivity index (χ0n) is 25.3. The molecule has 2 amide bonds. The average molecular weight is 611 g/mol. The van der Waals surface area contributed by atoms with Crippen LogP contribution in [-0.2, 0) is 10.0 Å². The lowest BCUT2D eigenvalue weighted by Gasteiger charge is -2.64.